The number of fused-ring (bicyclic) bond motifs is 1. The van der Waals surface area contributed by atoms with Gasteiger partial charge in [-0.15, -0.1) is 0 Å². The lowest BCUT2D eigenvalue weighted by Crippen LogP contribution is -2.30. The molecule has 0 aliphatic carbocycles. The van der Waals surface area contributed by atoms with Crippen molar-refractivity contribution in [1.29, 1.82) is 0 Å². The van der Waals surface area contributed by atoms with Gasteiger partial charge >= 0.3 is 0 Å². The summed E-state index contributed by atoms with van der Waals surface area (Å²) in [4.78, 5) is 0. The second-order valence-corrected chi connectivity index (χ2v) is 6.20. The van der Waals surface area contributed by atoms with E-state index in [1.165, 1.54) is 23.5 Å². The van der Waals surface area contributed by atoms with Crippen molar-refractivity contribution in [1.82, 2.24) is 4.57 Å². The molecular formula is C19H18ClN2O+. The highest BCUT2D eigenvalue weighted by atomic mass is 35.5. The summed E-state index contributed by atoms with van der Waals surface area (Å²) < 4.78 is 9.98. The third-order valence-corrected chi connectivity index (χ3v) is 4.63. The van der Waals surface area contributed by atoms with Gasteiger partial charge in [0.25, 0.3) is 5.82 Å². The average Bonchev–Trinajstić information content (AvgIpc) is 3.16. The van der Waals surface area contributed by atoms with E-state index in [1.807, 2.05) is 24.3 Å². The van der Waals surface area contributed by atoms with Crippen molar-refractivity contribution in [3.8, 4) is 22.7 Å². The highest BCUT2D eigenvalue weighted by Crippen LogP contribution is 2.28. The van der Waals surface area contributed by atoms with Crippen LogP contribution in [0, 0.1) is 0 Å². The number of benzene rings is 2. The molecule has 0 saturated carbocycles. The van der Waals surface area contributed by atoms with Crippen LogP contribution in [-0.2, 0) is 13.0 Å². The molecule has 4 heteroatoms. The number of rotatable bonds is 3. The highest BCUT2D eigenvalue weighted by molar-refractivity contribution is 6.30. The SMILES string of the molecule is COc1ccc(-n2c(-c3ccc(Cl)cc3)c[n+]3c2CCC3)cc1. The standard InChI is InChI=1S/C19H18ClN2O/c1-23-17-10-8-16(9-11-17)22-18(13-21-12-2-3-19(21)22)14-4-6-15(20)7-5-14/h4-11,13H,2-3,12H2,1H3/q+1. The Morgan fingerprint density at radius 2 is 1.78 bits per heavy atom. The van der Waals surface area contributed by atoms with Crippen molar-refractivity contribution < 1.29 is 9.30 Å². The van der Waals surface area contributed by atoms with E-state index in [9.17, 15) is 0 Å². The van der Waals surface area contributed by atoms with Crippen molar-refractivity contribution in [2.45, 2.75) is 19.4 Å². The summed E-state index contributed by atoms with van der Waals surface area (Å²) in [5.41, 5.74) is 3.53. The van der Waals surface area contributed by atoms with Crippen molar-refractivity contribution in [3.05, 3.63) is 65.6 Å². The zero-order valence-corrected chi connectivity index (χ0v) is 13.8. The fraction of sp³-hybridized carbons (Fsp3) is 0.211. The van der Waals surface area contributed by atoms with Gasteiger partial charge in [-0.2, -0.15) is 4.57 Å². The Morgan fingerprint density at radius 1 is 1.04 bits per heavy atom. The van der Waals surface area contributed by atoms with Crippen molar-refractivity contribution in [3.63, 3.8) is 0 Å². The van der Waals surface area contributed by atoms with Crippen LogP contribution >= 0.6 is 11.6 Å². The molecule has 0 N–H and O–H groups in total. The van der Waals surface area contributed by atoms with Crippen LogP contribution in [0.25, 0.3) is 16.9 Å². The predicted molar refractivity (Wildman–Crippen MR) is 91.3 cm³/mol. The van der Waals surface area contributed by atoms with Crippen LogP contribution in [0.3, 0.4) is 0 Å². The number of imidazole rings is 1. The van der Waals surface area contributed by atoms with Gasteiger partial charge in [0.05, 0.1) is 20.1 Å². The summed E-state index contributed by atoms with van der Waals surface area (Å²) in [6.45, 7) is 1.08. The van der Waals surface area contributed by atoms with Gasteiger partial charge in [0.2, 0.25) is 0 Å². The van der Waals surface area contributed by atoms with Crippen LogP contribution < -0.4 is 9.30 Å². The molecule has 23 heavy (non-hydrogen) atoms. The normalized spacial score (nSPS) is 13.1. The van der Waals surface area contributed by atoms with Crippen LogP contribution in [-0.4, -0.2) is 11.7 Å². The smallest absolute Gasteiger partial charge is 0.262 e. The predicted octanol–water partition coefficient (Wildman–Crippen LogP) is 4.04. The third-order valence-electron chi connectivity index (χ3n) is 4.38. The molecule has 3 aromatic rings. The van der Waals surface area contributed by atoms with Crippen LogP contribution in [0.1, 0.15) is 12.2 Å². The lowest BCUT2D eigenvalue weighted by atomic mass is 10.1. The number of aryl methyl sites for hydroxylation is 1. The molecule has 1 aliphatic heterocycles. The molecule has 0 atom stereocenters. The van der Waals surface area contributed by atoms with E-state index in [4.69, 9.17) is 16.3 Å². The first-order valence-corrected chi connectivity index (χ1v) is 8.18. The zero-order valence-electron chi connectivity index (χ0n) is 13.0. The largest absolute Gasteiger partial charge is 0.497 e. The molecule has 2 heterocycles. The Morgan fingerprint density at radius 3 is 2.48 bits per heavy atom. The number of halogens is 1. The third kappa shape index (κ3) is 2.51. The maximum atomic E-state index is 6.04. The second kappa shape index (κ2) is 5.74. The summed E-state index contributed by atoms with van der Waals surface area (Å²) in [6, 6.07) is 16.3. The van der Waals surface area contributed by atoms with E-state index in [2.05, 4.69) is 39.6 Å². The Bertz CT molecular complexity index is 835. The minimum absolute atomic E-state index is 0.761. The van der Waals surface area contributed by atoms with Crippen LogP contribution in [0.15, 0.2) is 54.7 Å². The van der Waals surface area contributed by atoms with Crippen LogP contribution in [0.5, 0.6) is 5.75 Å². The van der Waals surface area contributed by atoms with Gasteiger partial charge in [-0.25, -0.2) is 4.57 Å². The first kappa shape index (κ1) is 14.3. The Balaban J connectivity index is 1.88. The second-order valence-electron chi connectivity index (χ2n) is 5.77. The van der Waals surface area contributed by atoms with Crippen LogP contribution in [0.4, 0.5) is 0 Å². The molecular weight excluding hydrogens is 308 g/mol. The summed E-state index contributed by atoms with van der Waals surface area (Å²) in [7, 11) is 1.69. The van der Waals surface area contributed by atoms with Crippen LogP contribution in [0.2, 0.25) is 5.02 Å². The zero-order chi connectivity index (χ0) is 15.8. The molecule has 0 amide bonds. The number of nitrogens with zero attached hydrogens (tertiary/aromatic N) is 2. The summed E-state index contributed by atoms with van der Waals surface area (Å²) in [6.07, 6.45) is 4.54. The van der Waals surface area contributed by atoms with Gasteiger partial charge in [-0.05, 0) is 55.0 Å². The molecule has 116 valence electrons. The summed E-state index contributed by atoms with van der Waals surface area (Å²) in [5.74, 6) is 2.22. The Labute approximate surface area is 140 Å². The molecule has 0 spiro atoms. The molecule has 0 bridgehead atoms. The molecule has 0 radical (unpaired) electrons. The quantitative estimate of drug-likeness (QED) is 0.665. The number of hydrogen-bond acceptors (Lipinski definition) is 1. The van der Waals surface area contributed by atoms with E-state index >= 15 is 0 Å². The lowest BCUT2D eigenvalue weighted by molar-refractivity contribution is -0.689. The first-order valence-electron chi connectivity index (χ1n) is 7.81. The van der Waals surface area contributed by atoms with Gasteiger partial charge < -0.3 is 4.74 Å². The molecule has 1 aromatic heterocycles. The minimum atomic E-state index is 0.761. The fourth-order valence-corrected chi connectivity index (χ4v) is 3.37. The van der Waals surface area contributed by atoms with E-state index in [-0.39, 0.29) is 0 Å². The van der Waals surface area contributed by atoms with Crippen molar-refractivity contribution in [2.75, 3.05) is 7.11 Å². The molecule has 0 fully saturated rings. The van der Waals surface area contributed by atoms with Gasteiger partial charge in [-0.3, -0.25) is 0 Å². The molecule has 0 unspecified atom stereocenters. The number of methoxy groups -OCH3 is 1. The monoisotopic (exact) mass is 325 g/mol. The maximum Gasteiger partial charge on any atom is 0.262 e. The number of hydrogen-bond donors (Lipinski definition) is 0. The van der Waals surface area contributed by atoms with Gasteiger partial charge in [0.15, 0.2) is 5.69 Å². The average molecular weight is 326 g/mol. The Kier molecular flexibility index (Phi) is 3.58. The minimum Gasteiger partial charge on any atom is -0.497 e. The van der Waals surface area contributed by atoms with Gasteiger partial charge in [0.1, 0.15) is 17.6 Å². The van der Waals surface area contributed by atoms with Gasteiger partial charge in [0, 0.05) is 10.6 Å². The van der Waals surface area contributed by atoms with Gasteiger partial charge in [-0.1, -0.05) is 11.6 Å². The summed E-state index contributed by atoms with van der Waals surface area (Å²) >= 11 is 6.04. The van der Waals surface area contributed by atoms with Crippen molar-refractivity contribution in [2.24, 2.45) is 0 Å². The van der Waals surface area contributed by atoms with E-state index in [1.54, 1.807) is 7.11 Å². The van der Waals surface area contributed by atoms with Crippen molar-refractivity contribution >= 4 is 11.6 Å². The molecule has 0 saturated heterocycles. The van der Waals surface area contributed by atoms with E-state index in [0.29, 0.717) is 0 Å². The highest BCUT2D eigenvalue weighted by Gasteiger charge is 2.29. The molecule has 3 nitrogen and oxygen atoms in total. The number of aromatic nitrogens is 2. The Hall–Kier alpha value is -2.26. The summed E-state index contributed by atoms with van der Waals surface area (Å²) in [5, 5.41) is 0.761. The number of ether oxygens (including phenoxy) is 1. The molecule has 2 aromatic carbocycles. The lowest BCUT2D eigenvalue weighted by Gasteiger charge is -2.06. The fourth-order valence-electron chi connectivity index (χ4n) is 3.25. The molecule has 4 rings (SSSR count). The molecule has 1 aliphatic rings. The van der Waals surface area contributed by atoms with E-state index in [0.717, 1.165) is 29.4 Å². The maximum absolute atomic E-state index is 6.04. The topological polar surface area (TPSA) is 18.0 Å². The van der Waals surface area contributed by atoms with E-state index < -0.39 is 0 Å². The first-order chi connectivity index (χ1) is 11.3.